The average molecular weight is 415 g/mol. The van der Waals surface area contributed by atoms with Crippen molar-refractivity contribution in [2.75, 3.05) is 5.32 Å². The van der Waals surface area contributed by atoms with Crippen molar-refractivity contribution in [2.24, 2.45) is 0 Å². The summed E-state index contributed by atoms with van der Waals surface area (Å²) in [6.07, 6.45) is 3.19. The summed E-state index contributed by atoms with van der Waals surface area (Å²) in [5.74, 6) is 0.687. The molecule has 1 amide bonds. The normalized spacial score (nSPS) is 11.0. The van der Waals surface area contributed by atoms with Gasteiger partial charge in [-0.2, -0.15) is 0 Å². The Kier molecular flexibility index (Phi) is 4.53. The van der Waals surface area contributed by atoms with Gasteiger partial charge >= 0.3 is 0 Å². The Hall–Kier alpha value is -3.90. The zero-order valence-corrected chi connectivity index (χ0v) is 16.4. The summed E-state index contributed by atoms with van der Waals surface area (Å²) >= 11 is 6.00. The number of rotatable bonds is 4. The van der Waals surface area contributed by atoms with Gasteiger partial charge in [0.2, 0.25) is 5.95 Å². The number of benzene rings is 2. The summed E-state index contributed by atoms with van der Waals surface area (Å²) in [5.41, 5.74) is 3.47. The fourth-order valence-electron chi connectivity index (χ4n) is 3.25. The smallest absolute Gasteiger partial charge is 0.258 e. The predicted octanol–water partition coefficient (Wildman–Crippen LogP) is 5.79. The molecule has 0 aliphatic carbocycles. The number of anilines is 1. The van der Waals surface area contributed by atoms with E-state index < -0.39 is 0 Å². The van der Waals surface area contributed by atoms with Gasteiger partial charge < -0.3 is 9.40 Å². The van der Waals surface area contributed by atoms with Gasteiger partial charge in [-0.15, -0.1) is 0 Å². The Morgan fingerprint density at radius 2 is 1.87 bits per heavy atom. The van der Waals surface area contributed by atoms with Gasteiger partial charge in [0.15, 0.2) is 5.76 Å². The summed E-state index contributed by atoms with van der Waals surface area (Å²) in [5, 5.41) is 4.22. The molecule has 2 N–H and O–H groups in total. The number of imidazole rings is 1. The second-order valence-corrected chi connectivity index (χ2v) is 7.09. The molecule has 5 aromatic rings. The van der Waals surface area contributed by atoms with Crippen molar-refractivity contribution in [3.8, 4) is 22.7 Å². The van der Waals surface area contributed by atoms with Crippen LogP contribution in [0, 0.1) is 0 Å². The number of para-hydroxylation sites is 1. The van der Waals surface area contributed by atoms with E-state index in [1.54, 1.807) is 36.7 Å². The number of fused-ring (bicyclic) bond motifs is 1. The van der Waals surface area contributed by atoms with Gasteiger partial charge in [-0.1, -0.05) is 41.9 Å². The molecule has 0 aliphatic rings. The highest BCUT2D eigenvalue weighted by Crippen LogP contribution is 2.27. The van der Waals surface area contributed by atoms with E-state index in [-0.39, 0.29) is 5.91 Å². The van der Waals surface area contributed by atoms with Crippen molar-refractivity contribution in [1.82, 2.24) is 15.0 Å². The number of pyridine rings is 1. The van der Waals surface area contributed by atoms with Crippen molar-refractivity contribution < 1.29 is 9.21 Å². The summed E-state index contributed by atoms with van der Waals surface area (Å²) in [6, 6.07) is 20.3. The standard InChI is InChI=1S/C23H15ClN4O2/c24-15-9-7-14(8-10-15)19-12-17(16-4-1-2-5-18(16)26-19)22(29)28-23-25-13-20(27-23)21-6-3-11-30-21/h1-13H,(H2,25,27,28,29). The molecule has 30 heavy (non-hydrogen) atoms. The highest BCUT2D eigenvalue weighted by Gasteiger charge is 2.16. The minimum Gasteiger partial charge on any atom is -0.463 e. The van der Waals surface area contributed by atoms with Crippen LogP contribution in [0.1, 0.15) is 10.4 Å². The van der Waals surface area contributed by atoms with E-state index >= 15 is 0 Å². The first-order valence-corrected chi connectivity index (χ1v) is 9.61. The van der Waals surface area contributed by atoms with Gasteiger partial charge in [0, 0.05) is 16.0 Å². The number of halogens is 1. The second-order valence-electron chi connectivity index (χ2n) is 6.66. The molecule has 0 radical (unpaired) electrons. The van der Waals surface area contributed by atoms with Crippen molar-refractivity contribution in [3.05, 3.63) is 89.8 Å². The van der Waals surface area contributed by atoms with Gasteiger partial charge in [0.05, 0.1) is 29.2 Å². The number of H-pyrrole nitrogens is 1. The van der Waals surface area contributed by atoms with Crippen molar-refractivity contribution >= 4 is 34.4 Å². The quantitative estimate of drug-likeness (QED) is 0.389. The fraction of sp³-hybridized carbons (Fsp3) is 0. The van der Waals surface area contributed by atoms with E-state index in [1.807, 2.05) is 42.5 Å². The number of hydrogen-bond acceptors (Lipinski definition) is 4. The van der Waals surface area contributed by atoms with E-state index in [0.717, 1.165) is 16.5 Å². The number of carbonyl (C=O) groups excluding carboxylic acids is 1. The third-order valence-corrected chi connectivity index (χ3v) is 4.95. The molecule has 0 bridgehead atoms. The number of aromatic nitrogens is 3. The topological polar surface area (TPSA) is 83.8 Å². The van der Waals surface area contributed by atoms with Gasteiger partial charge in [-0.05, 0) is 36.4 Å². The molecular formula is C23H15ClN4O2. The maximum absolute atomic E-state index is 13.1. The number of nitrogens with one attached hydrogen (secondary N) is 2. The van der Waals surface area contributed by atoms with Crippen molar-refractivity contribution in [3.63, 3.8) is 0 Å². The highest BCUT2D eigenvalue weighted by molar-refractivity contribution is 6.30. The largest absolute Gasteiger partial charge is 0.463 e. The van der Waals surface area contributed by atoms with Gasteiger partial charge in [-0.25, -0.2) is 9.97 Å². The Morgan fingerprint density at radius 3 is 2.67 bits per heavy atom. The number of nitrogens with zero attached hydrogens (tertiary/aromatic N) is 2. The second kappa shape index (κ2) is 7.50. The predicted molar refractivity (Wildman–Crippen MR) is 116 cm³/mol. The lowest BCUT2D eigenvalue weighted by atomic mass is 10.0. The van der Waals surface area contributed by atoms with E-state index in [0.29, 0.717) is 33.7 Å². The molecule has 0 atom stereocenters. The maximum Gasteiger partial charge on any atom is 0.258 e. The molecule has 3 aromatic heterocycles. The molecule has 0 aliphatic heterocycles. The van der Waals surface area contributed by atoms with Gasteiger partial charge in [0.1, 0.15) is 5.69 Å². The third kappa shape index (κ3) is 3.44. The van der Waals surface area contributed by atoms with Crippen LogP contribution in [0.15, 0.2) is 83.6 Å². The molecule has 3 heterocycles. The van der Waals surface area contributed by atoms with E-state index in [2.05, 4.69) is 15.3 Å². The summed E-state index contributed by atoms with van der Waals surface area (Å²) in [7, 11) is 0. The Bertz CT molecular complexity index is 1340. The number of hydrogen-bond donors (Lipinski definition) is 2. The van der Waals surface area contributed by atoms with Crippen LogP contribution in [0.2, 0.25) is 5.02 Å². The molecular weight excluding hydrogens is 400 g/mol. The number of furan rings is 1. The number of carbonyl (C=O) groups is 1. The lowest BCUT2D eigenvalue weighted by Crippen LogP contribution is -2.14. The SMILES string of the molecule is O=C(Nc1ncc(-c2ccco2)[nH]1)c1cc(-c2ccc(Cl)cc2)nc2ccccc12. The Labute approximate surface area is 176 Å². The maximum atomic E-state index is 13.1. The Morgan fingerprint density at radius 1 is 1.03 bits per heavy atom. The molecule has 146 valence electrons. The van der Waals surface area contributed by atoms with Gasteiger partial charge in [0.25, 0.3) is 5.91 Å². The van der Waals surface area contributed by atoms with E-state index in [4.69, 9.17) is 21.0 Å². The molecule has 5 rings (SSSR count). The van der Waals surface area contributed by atoms with E-state index in [9.17, 15) is 4.79 Å². The Balaban J connectivity index is 1.52. The molecule has 0 saturated heterocycles. The number of aromatic amines is 1. The zero-order chi connectivity index (χ0) is 20.5. The first-order valence-electron chi connectivity index (χ1n) is 9.23. The van der Waals surface area contributed by atoms with Crippen molar-refractivity contribution in [2.45, 2.75) is 0 Å². The minimum absolute atomic E-state index is 0.288. The third-order valence-electron chi connectivity index (χ3n) is 4.70. The first kappa shape index (κ1) is 18.1. The lowest BCUT2D eigenvalue weighted by molar-refractivity contribution is 0.102. The van der Waals surface area contributed by atoms with Crippen LogP contribution in [0.5, 0.6) is 0 Å². The highest BCUT2D eigenvalue weighted by atomic mass is 35.5. The lowest BCUT2D eigenvalue weighted by Gasteiger charge is -2.10. The summed E-state index contributed by atoms with van der Waals surface area (Å²) in [6.45, 7) is 0. The van der Waals surface area contributed by atoms with Crippen LogP contribution in [-0.4, -0.2) is 20.9 Å². The van der Waals surface area contributed by atoms with Crippen LogP contribution in [-0.2, 0) is 0 Å². The summed E-state index contributed by atoms with van der Waals surface area (Å²) in [4.78, 5) is 25.1. The van der Waals surface area contributed by atoms with Crippen LogP contribution in [0.4, 0.5) is 5.95 Å². The first-order chi connectivity index (χ1) is 14.7. The van der Waals surface area contributed by atoms with Crippen LogP contribution in [0.25, 0.3) is 33.6 Å². The monoisotopic (exact) mass is 414 g/mol. The molecule has 7 heteroatoms. The van der Waals surface area contributed by atoms with Crippen LogP contribution in [0.3, 0.4) is 0 Å². The molecule has 0 unspecified atom stereocenters. The zero-order valence-electron chi connectivity index (χ0n) is 15.6. The molecule has 0 saturated carbocycles. The number of amides is 1. The van der Waals surface area contributed by atoms with Crippen LogP contribution < -0.4 is 5.32 Å². The molecule has 0 fully saturated rings. The van der Waals surface area contributed by atoms with E-state index in [1.165, 1.54) is 0 Å². The fourth-order valence-corrected chi connectivity index (χ4v) is 3.37. The minimum atomic E-state index is -0.288. The summed E-state index contributed by atoms with van der Waals surface area (Å²) < 4.78 is 5.35. The van der Waals surface area contributed by atoms with Crippen LogP contribution >= 0.6 is 11.6 Å². The van der Waals surface area contributed by atoms with Gasteiger partial charge in [-0.3, -0.25) is 10.1 Å². The molecule has 6 nitrogen and oxygen atoms in total. The molecule has 2 aromatic carbocycles. The van der Waals surface area contributed by atoms with Crippen molar-refractivity contribution in [1.29, 1.82) is 0 Å². The molecule has 0 spiro atoms. The average Bonchev–Trinajstić information content (AvgIpc) is 3.45.